The zero-order chi connectivity index (χ0) is 15.5. The maximum Gasteiger partial charge on any atom is 0.257 e. The minimum atomic E-state index is 0.117. The van der Waals surface area contributed by atoms with Crippen molar-refractivity contribution in [3.05, 3.63) is 35.4 Å². The van der Waals surface area contributed by atoms with Crippen molar-refractivity contribution in [2.75, 3.05) is 13.1 Å². The second-order valence-corrected chi connectivity index (χ2v) is 6.03. The Hall–Kier alpha value is -2.11. The Kier molecular flexibility index (Phi) is 4.27. The first-order valence-electron chi connectivity index (χ1n) is 7.99. The molecule has 6 nitrogen and oxygen atoms in total. The first kappa shape index (κ1) is 14.8. The third-order valence-corrected chi connectivity index (χ3v) is 4.37. The molecule has 1 aliphatic heterocycles. The quantitative estimate of drug-likeness (QED) is 0.939. The minimum absolute atomic E-state index is 0.117. The van der Waals surface area contributed by atoms with Crippen LogP contribution in [-0.2, 0) is 13.0 Å². The number of piperidine rings is 1. The van der Waals surface area contributed by atoms with Gasteiger partial charge in [-0.2, -0.15) is 10.2 Å². The molecule has 0 saturated carbocycles. The highest BCUT2D eigenvalue weighted by molar-refractivity contribution is 5.95. The van der Waals surface area contributed by atoms with Gasteiger partial charge in [0.15, 0.2) is 0 Å². The summed E-state index contributed by atoms with van der Waals surface area (Å²) in [5.41, 5.74) is 2.71. The van der Waals surface area contributed by atoms with Crippen molar-refractivity contribution in [1.29, 1.82) is 0 Å². The number of aryl methyl sites for hydroxylation is 2. The number of likely N-dealkylation sites (tertiary alicyclic amines) is 1. The van der Waals surface area contributed by atoms with E-state index in [0.29, 0.717) is 5.92 Å². The highest BCUT2D eigenvalue weighted by atomic mass is 16.2. The molecular formula is C16H23N5O. The number of carbonyl (C=O) groups excluding carboxylic acids is 1. The van der Waals surface area contributed by atoms with Gasteiger partial charge in [-0.25, -0.2) is 0 Å². The molecule has 0 radical (unpaired) electrons. The Labute approximate surface area is 130 Å². The van der Waals surface area contributed by atoms with Crippen LogP contribution in [0.5, 0.6) is 0 Å². The van der Waals surface area contributed by atoms with Crippen LogP contribution < -0.4 is 0 Å². The number of aromatic nitrogens is 4. The van der Waals surface area contributed by atoms with E-state index in [1.807, 2.05) is 35.7 Å². The number of hydrogen-bond donors (Lipinski definition) is 1. The van der Waals surface area contributed by atoms with Gasteiger partial charge >= 0.3 is 0 Å². The van der Waals surface area contributed by atoms with Crippen LogP contribution in [0.1, 0.15) is 41.5 Å². The summed E-state index contributed by atoms with van der Waals surface area (Å²) in [5, 5.41) is 11.4. The van der Waals surface area contributed by atoms with E-state index in [1.54, 1.807) is 6.20 Å². The van der Waals surface area contributed by atoms with Crippen molar-refractivity contribution in [1.82, 2.24) is 24.9 Å². The summed E-state index contributed by atoms with van der Waals surface area (Å²) in [5.74, 6) is 0.617. The molecule has 22 heavy (non-hydrogen) atoms. The van der Waals surface area contributed by atoms with Gasteiger partial charge in [0.25, 0.3) is 5.91 Å². The highest BCUT2D eigenvalue weighted by Crippen LogP contribution is 2.22. The molecule has 1 N–H and O–H groups in total. The molecule has 1 amide bonds. The minimum Gasteiger partial charge on any atom is -0.338 e. The van der Waals surface area contributed by atoms with Crippen molar-refractivity contribution >= 4 is 5.91 Å². The lowest BCUT2D eigenvalue weighted by molar-refractivity contribution is 0.0672. The molecule has 3 heterocycles. The number of amides is 1. The Morgan fingerprint density at radius 2 is 2.36 bits per heavy atom. The van der Waals surface area contributed by atoms with E-state index in [9.17, 15) is 4.79 Å². The van der Waals surface area contributed by atoms with Gasteiger partial charge in [0.2, 0.25) is 0 Å². The van der Waals surface area contributed by atoms with E-state index in [0.717, 1.165) is 55.8 Å². The average molecular weight is 301 g/mol. The van der Waals surface area contributed by atoms with Crippen molar-refractivity contribution in [2.24, 2.45) is 5.92 Å². The normalized spacial score (nSPS) is 18.6. The monoisotopic (exact) mass is 301 g/mol. The molecule has 0 spiro atoms. The van der Waals surface area contributed by atoms with Gasteiger partial charge in [-0.05, 0) is 45.1 Å². The van der Waals surface area contributed by atoms with Crippen LogP contribution >= 0.6 is 0 Å². The van der Waals surface area contributed by atoms with Crippen LogP contribution in [0.4, 0.5) is 0 Å². The van der Waals surface area contributed by atoms with Crippen LogP contribution in [0.15, 0.2) is 18.5 Å². The summed E-state index contributed by atoms with van der Waals surface area (Å²) in [7, 11) is 0. The van der Waals surface area contributed by atoms with Crippen LogP contribution in [0.25, 0.3) is 0 Å². The molecule has 2 aromatic heterocycles. The van der Waals surface area contributed by atoms with E-state index < -0.39 is 0 Å². The highest BCUT2D eigenvalue weighted by Gasteiger charge is 2.26. The fourth-order valence-corrected chi connectivity index (χ4v) is 3.19. The maximum atomic E-state index is 12.8. The number of nitrogens with one attached hydrogen (secondary N) is 1. The zero-order valence-electron chi connectivity index (χ0n) is 13.2. The SMILES string of the molecule is CCn1cc(C(=O)N2CCC[C@H](Cc3ccn[nH]3)C2)c(C)n1. The molecule has 2 aromatic rings. The second kappa shape index (κ2) is 6.34. The summed E-state index contributed by atoms with van der Waals surface area (Å²) in [6.07, 6.45) is 6.83. The lowest BCUT2D eigenvalue weighted by Gasteiger charge is -2.32. The zero-order valence-corrected chi connectivity index (χ0v) is 13.2. The molecule has 1 aliphatic rings. The predicted octanol–water partition coefficient (Wildman–Crippen LogP) is 2.03. The van der Waals surface area contributed by atoms with Crippen molar-refractivity contribution in [3.8, 4) is 0 Å². The smallest absolute Gasteiger partial charge is 0.257 e. The molecule has 6 heteroatoms. The topological polar surface area (TPSA) is 66.8 Å². The molecule has 0 unspecified atom stereocenters. The summed E-state index contributed by atoms with van der Waals surface area (Å²) < 4.78 is 1.83. The van der Waals surface area contributed by atoms with E-state index in [4.69, 9.17) is 0 Å². The van der Waals surface area contributed by atoms with Crippen molar-refractivity contribution < 1.29 is 4.79 Å². The molecule has 0 aromatic carbocycles. The number of H-pyrrole nitrogens is 1. The third kappa shape index (κ3) is 3.05. The first-order valence-corrected chi connectivity index (χ1v) is 7.99. The lowest BCUT2D eigenvalue weighted by atomic mass is 9.93. The van der Waals surface area contributed by atoms with E-state index in [-0.39, 0.29) is 5.91 Å². The standard InChI is InChI=1S/C16H23N5O/c1-3-21-11-15(12(2)19-21)16(22)20-8-4-5-13(10-20)9-14-6-7-17-18-14/h6-7,11,13H,3-5,8-10H2,1-2H3,(H,17,18)/t13-/m1/s1. The molecule has 0 bridgehead atoms. The Morgan fingerprint density at radius 1 is 1.50 bits per heavy atom. The van der Waals surface area contributed by atoms with Crippen molar-refractivity contribution in [2.45, 2.75) is 39.7 Å². The van der Waals surface area contributed by atoms with Crippen LogP contribution in [0.2, 0.25) is 0 Å². The number of hydrogen-bond acceptors (Lipinski definition) is 3. The Morgan fingerprint density at radius 3 is 3.05 bits per heavy atom. The summed E-state index contributed by atoms with van der Waals surface area (Å²) in [4.78, 5) is 14.7. The van der Waals surface area contributed by atoms with Gasteiger partial charge in [-0.3, -0.25) is 14.6 Å². The van der Waals surface area contributed by atoms with E-state index >= 15 is 0 Å². The number of rotatable bonds is 4. The van der Waals surface area contributed by atoms with Crippen molar-refractivity contribution in [3.63, 3.8) is 0 Å². The first-order chi connectivity index (χ1) is 10.7. The van der Waals surface area contributed by atoms with Gasteiger partial charge in [0.1, 0.15) is 0 Å². The lowest BCUT2D eigenvalue weighted by Crippen LogP contribution is -2.40. The van der Waals surface area contributed by atoms with Gasteiger partial charge in [0.05, 0.1) is 11.3 Å². The maximum absolute atomic E-state index is 12.8. The largest absolute Gasteiger partial charge is 0.338 e. The predicted molar refractivity (Wildman–Crippen MR) is 83.6 cm³/mol. The van der Waals surface area contributed by atoms with Gasteiger partial charge in [0, 0.05) is 37.7 Å². The molecule has 1 saturated heterocycles. The van der Waals surface area contributed by atoms with Crippen LogP contribution in [0.3, 0.4) is 0 Å². The van der Waals surface area contributed by atoms with E-state index in [2.05, 4.69) is 15.3 Å². The Bertz CT molecular complexity index is 631. The molecule has 118 valence electrons. The molecule has 0 aliphatic carbocycles. The van der Waals surface area contributed by atoms with Gasteiger partial charge in [-0.15, -0.1) is 0 Å². The summed E-state index contributed by atoms with van der Waals surface area (Å²) in [6, 6.07) is 2.01. The fourth-order valence-electron chi connectivity index (χ4n) is 3.19. The fraction of sp³-hybridized carbons (Fsp3) is 0.562. The third-order valence-electron chi connectivity index (χ3n) is 4.37. The van der Waals surface area contributed by atoms with Gasteiger partial charge in [-0.1, -0.05) is 0 Å². The molecule has 1 atom stereocenters. The summed E-state index contributed by atoms with van der Waals surface area (Å²) in [6.45, 7) is 6.38. The number of carbonyl (C=O) groups is 1. The van der Waals surface area contributed by atoms with E-state index in [1.165, 1.54) is 0 Å². The molecule has 1 fully saturated rings. The van der Waals surface area contributed by atoms with Crippen LogP contribution in [0, 0.1) is 12.8 Å². The summed E-state index contributed by atoms with van der Waals surface area (Å²) >= 11 is 0. The average Bonchev–Trinajstić information content (AvgIpc) is 3.16. The van der Waals surface area contributed by atoms with Gasteiger partial charge < -0.3 is 4.90 Å². The Balaban J connectivity index is 1.68. The molecular weight excluding hydrogens is 278 g/mol. The number of aromatic amines is 1. The second-order valence-electron chi connectivity index (χ2n) is 6.03. The molecule has 3 rings (SSSR count). The number of nitrogens with zero attached hydrogens (tertiary/aromatic N) is 4. The van der Waals surface area contributed by atoms with Crippen LogP contribution in [-0.4, -0.2) is 43.9 Å².